The summed E-state index contributed by atoms with van der Waals surface area (Å²) in [4.78, 5) is 0. The standard InChI is InChI=1S/C6H13NO2S/c1-3-5-6-10(8,9)7-4-2/h5-7H,3-4H2,1-2H3/b6-5+. The number of rotatable bonds is 4. The van der Waals surface area contributed by atoms with E-state index in [0.717, 1.165) is 6.42 Å². The first-order valence-electron chi connectivity index (χ1n) is 3.28. The lowest BCUT2D eigenvalue weighted by molar-refractivity contribution is 0.593. The summed E-state index contributed by atoms with van der Waals surface area (Å²) in [7, 11) is -3.12. The molecule has 0 rings (SSSR count). The Balaban J connectivity index is 4.01. The molecule has 0 atom stereocenters. The van der Waals surface area contributed by atoms with Gasteiger partial charge in [-0.05, 0) is 6.42 Å². The van der Waals surface area contributed by atoms with Crippen LogP contribution in [0.5, 0.6) is 0 Å². The van der Waals surface area contributed by atoms with Gasteiger partial charge in [0.05, 0.1) is 0 Å². The molecular formula is C6H13NO2S. The van der Waals surface area contributed by atoms with E-state index in [0.29, 0.717) is 6.54 Å². The molecule has 0 aromatic carbocycles. The van der Waals surface area contributed by atoms with Crippen LogP contribution in [-0.4, -0.2) is 15.0 Å². The Labute approximate surface area is 62.2 Å². The van der Waals surface area contributed by atoms with Crippen molar-refractivity contribution in [2.45, 2.75) is 20.3 Å². The number of allylic oxidation sites excluding steroid dienone is 1. The minimum absolute atomic E-state index is 0.441. The van der Waals surface area contributed by atoms with Gasteiger partial charge >= 0.3 is 0 Å². The van der Waals surface area contributed by atoms with E-state index in [9.17, 15) is 8.42 Å². The van der Waals surface area contributed by atoms with E-state index in [1.165, 1.54) is 5.41 Å². The Kier molecular flexibility index (Phi) is 4.31. The third-order valence-electron chi connectivity index (χ3n) is 0.857. The molecule has 0 aliphatic rings. The van der Waals surface area contributed by atoms with Crippen molar-refractivity contribution < 1.29 is 8.42 Å². The number of hydrogen-bond donors (Lipinski definition) is 1. The summed E-state index contributed by atoms with van der Waals surface area (Å²) in [5.41, 5.74) is 0. The van der Waals surface area contributed by atoms with Crippen molar-refractivity contribution in [2.75, 3.05) is 6.54 Å². The summed E-state index contributed by atoms with van der Waals surface area (Å²) in [6.07, 6.45) is 2.35. The first-order chi connectivity index (χ1) is 4.62. The zero-order valence-electron chi connectivity index (χ0n) is 6.29. The van der Waals surface area contributed by atoms with Gasteiger partial charge in [0, 0.05) is 12.0 Å². The van der Waals surface area contributed by atoms with Gasteiger partial charge in [0.15, 0.2) is 0 Å². The lowest BCUT2D eigenvalue weighted by Crippen LogP contribution is -2.20. The van der Waals surface area contributed by atoms with Crippen molar-refractivity contribution in [3.63, 3.8) is 0 Å². The maximum atomic E-state index is 10.8. The molecule has 0 fully saturated rings. The van der Waals surface area contributed by atoms with E-state index in [1.807, 2.05) is 6.92 Å². The Morgan fingerprint density at radius 3 is 2.40 bits per heavy atom. The zero-order valence-corrected chi connectivity index (χ0v) is 7.11. The minimum atomic E-state index is -3.12. The van der Waals surface area contributed by atoms with Gasteiger partial charge in [-0.15, -0.1) is 0 Å². The van der Waals surface area contributed by atoms with E-state index in [-0.39, 0.29) is 0 Å². The molecule has 60 valence electrons. The maximum Gasteiger partial charge on any atom is 0.233 e. The second kappa shape index (κ2) is 4.46. The predicted molar refractivity (Wildman–Crippen MR) is 42.0 cm³/mol. The van der Waals surface area contributed by atoms with Gasteiger partial charge in [0.1, 0.15) is 0 Å². The van der Waals surface area contributed by atoms with Crippen molar-refractivity contribution in [1.29, 1.82) is 0 Å². The van der Waals surface area contributed by atoms with E-state index >= 15 is 0 Å². The predicted octanol–water partition coefficient (Wildman–Crippen LogP) is 0.849. The lowest BCUT2D eigenvalue weighted by atomic mass is 10.5. The highest BCUT2D eigenvalue weighted by atomic mass is 32.2. The van der Waals surface area contributed by atoms with Crippen LogP contribution in [0.2, 0.25) is 0 Å². The molecule has 0 heterocycles. The van der Waals surface area contributed by atoms with Crippen molar-refractivity contribution >= 4 is 10.0 Å². The number of hydrogen-bond acceptors (Lipinski definition) is 2. The van der Waals surface area contributed by atoms with Gasteiger partial charge in [0.25, 0.3) is 0 Å². The molecule has 0 unspecified atom stereocenters. The molecule has 0 saturated carbocycles. The molecule has 0 radical (unpaired) electrons. The normalized spacial score (nSPS) is 12.6. The minimum Gasteiger partial charge on any atom is -0.212 e. The second-order valence-electron chi connectivity index (χ2n) is 1.82. The largest absolute Gasteiger partial charge is 0.233 e. The van der Waals surface area contributed by atoms with E-state index in [2.05, 4.69) is 4.72 Å². The summed E-state index contributed by atoms with van der Waals surface area (Å²) in [5, 5.41) is 1.19. The van der Waals surface area contributed by atoms with E-state index in [4.69, 9.17) is 0 Å². The molecule has 0 saturated heterocycles. The van der Waals surface area contributed by atoms with Crippen molar-refractivity contribution in [2.24, 2.45) is 0 Å². The van der Waals surface area contributed by atoms with E-state index in [1.54, 1.807) is 13.0 Å². The molecule has 0 bridgehead atoms. The highest BCUT2D eigenvalue weighted by Gasteiger charge is 1.99. The molecule has 0 spiro atoms. The quantitative estimate of drug-likeness (QED) is 0.667. The summed E-state index contributed by atoms with van der Waals surface area (Å²) in [6, 6.07) is 0. The molecule has 0 aromatic heterocycles. The summed E-state index contributed by atoms with van der Waals surface area (Å²) < 4.78 is 23.9. The number of sulfonamides is 1. The van der Waals surface area contributed by atoms with Gasteiger partial charge in [-0.1, -0.05) is 19.9 Å². The number of nitrogens with one attached hydrogen (secondary N) is 1. The molecule has 10 heavy (non-hydrogen) atoms. The maximum absolute atomic E-state index is 10.8. The molecular weight excluding hydrogens is 150 g/mol. The van der Waals surface area contributed by atoms with Gasteiger partial charge in [-0.2, -0.15) is 0 Å². The third kappa shape index (κ3) is 4.52. The molecule has 3 nitrogen and oxygen atoms in total. The Bertz CT molecular complexity index is 194. The van der Waals surface area contributed by atoms with Crippen LogP contribution in [0, 0.1) is 0 Å². The van der Waals surface area contributed by atoms with Gasteiger partial charge < -0.3 is 0 Å². The van der Waals surface area contributed by atoms with Crippen LogP contribution in [0.1, 0.15) is 20.3 Å². The first-order valence-corrected chi connectivity index (χ1v) is 4.83. The average Bonchev–Trinajstić information content (AvgIpc) is 1.84. The SMILES string of the molecule is CC/C=C/S(=O)(=O)NCC. The highest BCUT2D eigenvalue weighted by molar-refractivity contribution is 7.92. The molecule has 0 amide bonds. The van der Waals surface area contributed by atoms with Gasteiger partial charge in [-0.3, -0.25) is 0 Å². The fraction of sp³-hybridized carbons (Fsp3) is 0.667. The Morgan fingerprint density at radius 2 is 2.00 bits per heavy atom. The lowest BCUT2D eigenvalue weighted by Gasteiger charge is -1.95. The van der Waals surface area contributed by atoms with Crippen LogP contribution in [0.25, 0.3) is 0 Å². The van der Waals surface area contributed by atoms with Crippen LogP contribution in [-0.2, 0) is 10.0 Å². The van der Waals surface area contributed by atoms with Crippen LogP contribution < -0.4 is 4.72 Å². The van der Waals surface area contributed by atoms with Crippen LogP contribution in [0.15, 0.2) is 11.5 Å². The topological polar surface area (TPSA) is 46.2 Å². The van der Waals surface area contributed by atoms with Crippen molar-refractivity contribution in [3.05, 3.63) is 11.5 Å². The first kappa shape index (κ1) is 9.65. The monoisotopic (exact) mass is 163 g/mol. The molecule has 0 aromatic rings. The Hall–Kier alpha value is -0.350. The van der Waals surface area contributed by atoms with E-state index < -0.39 is 10.0 Å². The average molecular weight is 163 g/mol. The van der Waals surface area contributed by atoms with Crippen LogP contribution in [0.4, 0.5) is 0 Å². The third-order valence-corrected chi connectivity index (χ3v) is 2.10. The van der Waals surface area contributed by atoms with Gasteiger partial charge in [0.2, 0.25) is 10.0 Å². The van der Waals surface area contributed by atoms with Crippen molar-refractivity contribution in [3.8, 4) is 0 Å². The van der Waals surface area contributed by atoms with Crippen LogP contribution >= 0.6 is 0 Å². The summed E-state index contributed by atoms with van der Waals surface area (Å²) in [5.74, 6) is 0. The molecule has 1 N–H and O–H groups in total. The van der Waals surface area contributed by atoms with Gasteiger partial charge in [-0.25, -0.2) is 13.1 Å². The Morgan fingerprint density at radius 1 is 1.40 bits per heavy atom. The fourth-order valence-electron chi connectivity index (χ4n) is 0.472. The van der Waals surface area contributed by atoms with Crippen molar-refractivity contribution in [1.82, 2.24) is 4.72 Å². The molecule has 4 heteroatoms. The molecule has 0 aliphatic heterocycles. The fourth-order valence-corrected chi connectivity index (χ4v) is 1.42. The van der Waals surface area contributed by atoms with Crippen LogP contribution in [0.3, 0.4) is 0 Å². The molecule has 0 aliphatic carbocycles. The summed E-state index contributed by atoms with van der Waals surface area (Å²) >= 11 is 0. The smallest absolute Gasteiger partial charge is 0.212 e. The summed E-state index contributed by atoms with van der Waals surface area (Å²) in [6.45, 7) is 4.08. The zero-order chi connectivity index (χ0) is 8.04. The second-order valence-corrected chi connectivity index (χ2v) is 3.47. The highest BCUT2D eigenvalue weighted by Crippen LogP contribution is 1.87.